The molecular weight excluding hydrogens is 260 g/mol. The van der Waals surface area contributed by atoms with Gasteiger partial charge in [0.05, 0.1) is 11.2 Å². The van der Waals surface area contributed by atoms with Gasteiger partial charge in [0.25, 0.3) is 0 Å². The molecule has 1 aliphatic rings. The number of anilines is 1. The lowest BCUT2D eigenvalue weighted by Gasteiger charge is -2.13. The molecule has 4 heteroatoms. The summed E-state index contributed by atoms with van der Waals surface area (Å²) in [6.45, 7) is 2.72. The fourth-order valence-electron chi connectivity index (χ4n) is 3.24. The lowest BCUT2D eigenvalue weighted by Crippen LogP contribution is -2.16. The number of nitrogens with two attached hydrogens (primary N) is 1. The zero-order chi connectivity index (χ0) is 14.4. The maximum absolute atomic E-state index is 6.08. The third kappa shape index (κ3) is 1.99. The van der Waals surface area contributed by atoms with Crippen LogP contribution in [-0.4, -0.2) is 14.7 Å². The van der Waals surface area contributed by atoms with Gasteiger partial charge in [0.2, 0.25) is 0 Å². The van der Waals surface area contributed by atoms with Crippen molar-refractivity contribution in [3.05, 3.63) is 59.3 Å². The molecule has 4 nitrogen and oxygen atoms in total. The van der Waals surface area contributed by atoms with E-state index in [9.17, 15) is 0 Å². The first-order valence-electron chi connectivity index (χ1n) is 7.21. The molecule has 1 aromatic heterocycles. The zero-order valence-electron chi connectivity index (χ0n) is 12.1. The van der Waals surface area contributed by atoms with Crippen molar-refractivity contribution in [1.29, 1.82) is 0 Å². The number of rotatable bonds is 2. The van der Waals surface area contributed by atoms with E-state index in [1.807, 2.05) is 23.9 Å². The van der Waals surface area contributed by atoms with E-state index >= 15 is 0 Å². The molecule has 106 valence electrons. The van der Waals surface area contributed by atoms with Crippen LogP contribution in [0.2, 0.25) is 0 Å². The van der Waals surface area contributed by atoms with Gasteiger partial charge >= 0.3 is 0 Å². The Bertz CT molecular complexity index is 819. The van der Waals surface area contributed by atoms with Crippen LogP contribution in [0.5, 0.6) is 0 Å². The molecule has 0 saturated heterocycles. The number of fused-ring (bicyclic) bond motifs is 2. The molecule has 0 radical (unpaired) electrons. The smallest absolute Gasteiger partial charge is 0.0843 e. The summed E-state index contributed by atoms with van der Waals surface area (Å²) in [5.41, 5.74) is 11.9. The lowest BCUT2D eigenvalue weighted by atomic mass is 10.1. The van der Waals surface area contributed by atoms with Crippen molar-refractivity contribution in [3.63, 3.8) is 0 Å². The summed E-state index contributed by atoms with van der Waals surface area (Å²) in [6.07, 6.45) is 0. The highest BCUT2D eigenvalue weighted by Gasteiger charge is 2.22. The van der Waals surface area contributed by atoms with Crippen LogP contribution in [0, 0.1) is 0 Å². The molecule has 0 aliphatic carbocycles. The number of nitrogen functional groups attached to an aromatic ring is 1. The molecule has 0 unspecified atom stereocenters. The molecular formula is C17H18N4. The molecule has 2 N–H and O–H groups in total. The second-order valence-electron chi connectivity index (χ2n) is 5.72. The van der Waals surface area contributed by atoms with E-state index in [0.717, 1.165) is 31.0 Å². The number of nitrogens with zero attached hydrogens (tertiary/aromatic N) is 3. The Morgan fingerprint density at radius 3 is 2.81 bits per heavy atom. The highest BCUT2D eigenvalue weighted by molar-refractivity contribution is 5.81. The molecule has 1 aliphatic heterocycles. The number of aryl methyl sites for hydroxylation is 1. The molecule has 3 aromatic rings. The van der Waals surface area contributed by atoms with Crippen LogP contribution < -0.4 is 5.73 Å². The number of benzene rings is 2. The molecule has 21 heavy (non-hydrogen) atoms. The number of hydrogen-bond acceptors (Lipinski definition) is 3. The first-order valence-corrected chi connectivity index (χ1v) is 7.21. The topological polar surface area (TPSA) is 47.1 Å². The number of aromatic nitrogens is 2. The molecule has 2 heterocycles. The summed E-state index contributed by atoms with van der Waals surface area (Å²) in [5, 5.41) is 5.92. The Balaban J connectivity index is 1.64. The summed E-state index contributed by atoms with van der Waals surface area (Å²) >= 11 is 0. The first-order chi connectivity index (χ1) is 10.2. The second-order valence-corrected chi connectivity index (χ2v) is 5.72. The standard InChI is InChI=1S/C17H18N4/c1-20-17-8-3-2-6-13(17)16(19-20)11-21-9-12-5-4-7-15(18)14(12)10-21/h2-8H,9-11,18H2,1H3. The SMILES string of the molecule is Cn1nc(CN2Cc3cccc(N)c3C2)c2ccccc21. The van der Waals surface area contributed by atoms with Crippen LogP contribution in [0.15, 0.2) is 42.5 Å². The van der Waals surface area contributed by atoms with E-state index in [0.29, 0.717) is 0 Å². The second kappa shape index (κ2) is 4.60. The van der Waals surface area contributed by atoms with Crippen molar-refractivity contribution in [1.82, 2.24) is 14.7 Å². The quantitative estimate of drug-likeness (QED) is 0.733. The van der Waals surface area contributed by atoms with Crippen LogP contribution in [0.4, 0.5) is 5.69 Å². The molecule has 0 fully saturated rings. The summed E-state index contributed by atoms with van der Waals surface area (Å²) in [6, 6.07) is 14.6. The van der Waals surface area contributed by atoms with Crippen LogP contribution in [0.25, 0.3) is 10.9 Å². The molecule has 0 atom stereocenters. The summed E-state index contributed by atoms with van der Waals surface area (Å²) in [5.74, 6) is 0. The Labute approximate surface area is 123 Å². The van der Waals surface area contributed by atoms with Gasteiger partial charge in [-0.2, -0.15) is 5.10 Å². The van der Waals surface area contributed by atoms with Crippen molar-refractivity contribution in [3.8, 4) is 0 Å². The van der Waals surface area contributed by atoms with Crippen molar-refractivity contribution < 1.29 is 0 Å². The van der Waals surface area contributed by atoms with Gasteiger partial charge in [-0.25, -0.2) is 0 Å². The fraction of sp³-hybridized carbons (Fsp3) is 0.235. The van der Waals surface area contributed by atoms with Crippen molar-refractivity contribution in [2.75, 3.05) is 5.73 Å². The van der Waals surface area contributed by atoms with E-state index in [4.69, 9.17) is 5.73 Å². The van der Waals surface area contributed by atoms with Crippen LogP contribution >= 0.6 is 0 Å². The van der Waals surface area contributed by atoms with Crippen molar-refractivity contribution in [2.24, 2.45) is 7.05 Å². The van der Waals surface area contributed by atoms with Gasteiger partial charge in [-0.1, -0.05) is 30.3 Å². The van der Waals surface area contributed by atoms with Crippen molar-refractivity contribution >= 4 is 16.6 Å². The monoisotopic (exact) mass is 278 g/mol. The zero-order valence-corrected chi connectivity index (χ0v) is 12.1. The van der Waals surface area contributed by atoms with E-state index < -0.39 is 0 Å². The minimum atomic E-state index is 0.857. The normalized spacial score (nSPS) is 14.7. The van der Waals surface area contributed by atoms with Gasteiger partial charge in [0, 0.05) is 37.8 Å². The number of para-hydroxylation sites is 1. The Morgan fingerprint density at radius 2 is 1.95 bits per heavy atom. The minimum absolute atomic E-state index is 0.857. The van der Waals surface area contributed by atoms with Crippen molar-refractivity contribution in [2.45, 2.75) is 19.6 Å². The van der Waals surface area contributed by atoms with Crippen LogP contribution in [0.1, 0.15) is 16.8 Å². The van der Waals surface area contributed by atoms with Gasteiger partial charge in [0.15, 0.2) is 0 Å². The van der Waals surface area contributed by atoms with Gasteiger partial charge in [-0.3, -0.25) is 9.58 Å². The molecule has 2 aromatic carbocycles. The molecule has 0 saturated carbocycles. The van der Waals surface area contributed by atoms with Gasteiger partial charge in [0.1, 0.15) is 0 Å². The Kier molecular flexibility index (Phi) is 2.72. The molecule has 0 spiro atoms. The number of hydrogen-bond donors (Lipinski definition) is 1. The molecule has 4 rings (SSSR count). The van der Waals surface area contributed by atoms with E-state index in [-0.39, 0.29) is 0 Å². The maximum Gasteiger partial charge on any atom is 0.0843 e. The largest absolute Gasteiger partial charge is 0.398 e. The van der Waals surface area contributed by atoms with Gasteiger partial charge in [-0.15, -0.1) is 0 Å². The highest BCUT2D eigenvalue weighted by Crippen LogP contribution is 2.29. The Hall–Kier alpha value is -2.33. The maximum atomic E-state index is 6.08. The summed E-state index contributed by atoms with van der Waals surface area (Å²) in [4.78, 5) is 2.40. The van der Waals surface area contributed by atoms with Gasteiger partial charge in [-0.05, 0) is 23.3 Å². The van der Waals surface area contributed by atoms with E-state index in [1.54, 1.807) is 0 Å². The van der Waals surface area contributed by atoms with E-state index in [2.05, 4.69) is 40.3 Å². The van der Waals surface area contributed by atoms with E-state index in [1.165, 1.54) is 22.0 Å². The predicted molar refractivity (Wildman–Crippen MR) is 84.5 cm³/mol. The average Bonchev–Trinajstić information content (AvgIpc) is 3.03. The predicted octanol–water partition coefficient (Wildman–Crippen LogP) is 2.67. The highest BCUT2D eigenvalue weighted by atomic mass is 15.3. The summed E-state index contributed by atoms with van der Waals surface area (Å²) < 4.78 is 1.96. The van der Waals surface area contributed by atoms with Crippen LogP contribution in [0.3, 0.4) is 0 Å². The fourth-order valence-corrected chi connectivity index (χ4v) is 3.24. The lowest BCUT2D eigenvalue weighted by molar-refractivity contribution is 0.272. The average molecular weight is 278 g/mol. The third-order valence-electron chi connectivity index (χ3n) is 4.29. The molecule has 0 amide bonds. The Morgan fingerprint density at radius 1 is 1.10 bits per heavy atom. The third-order valence-corrected chi connectivity index (χ3v) is 4.29. The first kappa shape index (κ1) is 12.4. The van der Waals surface area contributed by atoms with Crippen LogP contribution in [-0.2, 0) is 26.7 Å². The minimum Gasteiger partial charge on any atom is -0.398 e. The van der Waals surface area contributed by atoms with Gasteiger partial charge < -0.3 is 5.73 Å². The summed E-state index contributed by atoms with van der Waals surface area (Å²) in [7, 11) is 2.00. The molecule has 0 bridgehead atoms.